The van der Waals surface area contributed by atoms with Crippen LogP contribution in [0, 0.1) is 0 Å². The van der Waals surface area contributed by atoms with Crippen LogP contribution in [0.4, 0.5) is 0 Å². The maximum atomic E-state index is 11.1. The molecule has 1 N–H and O–H groups in total. The monoisotopic (exact) mass is 366 g/mol. The minimum Gasteiger partial charge on any atom is -0.494 e. The quantitative estimate of drug-likeness (QED) is 0.336. The van der Waals surface area contributed by atoms with Gasteiger partial charge < -0.3 is 14.6 Å². The minimum atomic E-state index is -0.945. The lowest BCUT2D eigenvalue weighted by Crippen LogP contribution is -2.06. The zero-order chi connectivity index (χ0) is 20.4. The van der Waals surface area contributed by atoms with Gasteiger partial charge in [0.15, 0.2) is 0 Å². The number of unbranched alkanes of at least 4 members (excludes halogenated alkanes) is 3. The molecule has 0 spiro atoms. The highest BCUT2D eigenvalue weighted by Gasteiger charge is 2.03. The number of aromatic carboxylic acids is 1. The third-order valence-electron chi connectivity index (χ3n) is 2.99. The fraction of sp³-hybridized carbons (Fsp3) is 0.524. The number of carbonyl (C=O) groups is 2. The number of carbonyl (C=O) groups excluding carboxylic acids is 1. The third kappa shape index (κ3) is 13.0. The summed E-state index contributed by atoms with van der Waals surface area (Å²) < 4.78 is 10.5. The van der Waals surface area contributed by atoms with Gasteiger partial charge in [-0.1, -0.05) is 34.3 Å². The second kappa shape index (κ2) is 17.5. The Hall–Kier alpha value is -2.30. The normalized spacial score (nSPS) is 8.96. The van der Waals surface area contributed by atoms with E-state index < -0.39 is 5.97 Å². The van der Waals surface area contributed by atoms with Crippen molar-refractivity contribution in [1.29, 1.82) is 0 Å². The first-order valence-electron chi connectivity index (χ1n) is 9.29. The van der Waals surface area contributed by atoms with Gasteiger partial charge in [0.25, 0.3) is 0 Å². The van der Waals surface area contributed by atoms with Crippen molar-refractivity contribution in [2.24, 2.45) is 0 Å². The lowest BCUT2D eigenvalue weighted by Gasteiger charge is -2.07. The Morgan fingerprint density at radius 2 is 1.42 bits per heavy atom. The van der Waals surface area contributed by atoms with E-state index in [0.29, 0.717) is 24.5 Å². The summed E-state index contributed by atoms with van der Waals surface area (Å²) in [4.78, 5) is 21.8. The van der Waals surface area contributed by atoms with Gasteiger partial charge in [0.1, 0.15) is 5.75 Å². The number of esters is 1. The molecule has 0 fully saturated rings. The predicted molar refractivity (Wildman–Crippen MR) is 106 cm³/mol. The summed E-state index contributed by atoms with van der Waals surface area (Å²) in [6.45, 7) is 14.1. The first kappa shape index (κ1) is 25.9. The molecule has 0 saturated carbocycles. The molecule has 1 rings (SSSR count). The fourth-order valence-corrected chi connectivity index (χ4v) is 1.73. The van der Waals surface area contributed by atoms with Gasteiger partial charge in [0, 0.05) is 5.57 Å². The molecule has 26 heavy (non-hydrogen) atoms. The second-order valence-corrected chi connectivity index (χ2v) is 5.01. The summed E-state index contributed by atoms with van der Waals surface area (Å²) in [6.07, 6.45) is 3.67. The van der Waals surface area contributed by atoms with Crippen molar-refractivity contribution in [1.82, 2.24) is 0 Å². The maximum absolute atomic E-state index is 11.1. The molecule has 0 unspecified atom stereocenters. The van der Waals surface area contributed by atoms with E-state index in [9.17, 15) is 9.59 Å². The molecule has 1 aromatic rings. The Morgan fingerprint density at radius 1 is 0.923 bits per heavy atom. The van der Waals surface area contributed by atoms with E-state index in [-0.39, 0.29) is 11.5 Å². The van der Waals surface area contributed by atoms with E-state index in [4.69, 9.17) is 14.6 Å². The number of hydrogen-bond donors (Lipinski definition) is 1. The SMILES string of the molecule is C=C(C)C(=O)OCCCCCCOc1ccc(C(=O)O)cc1.CC.CC. The van der Waals surface area contributed by atoms with E-state index in [2.05, 4.69) is 6.58 Å². The molecule has 0 saturated heterocycles. The van der Waals surface area contributed by atoms with Crippen LogP contribution in [0.5, 0.6) is 5.75 Å². The van der Waals surface area contributed by atoms with Crippen LogP contribution in [-0.4, -0.2) is 30.3 Å². The van der Waals surface area contributed by atoms with E-state index >= 15 is 0 Å². The highest BCUT2D eigenvalue weighted by molar-refractivity contribution is 5.87. The van der Waals surface area contributed by atoms with Gasteiger partial charge in [-0.3, -0.25) is 0 Å². The van der Waals surface area contributed by atoms with Crippen molar-refractivity contribution < 1.29 is 24.2 Å². The Kier molecular flexibility index (Phi) is 17.5. The number of carboxylic acids is 1. The first-order chi connectivity index (χ1) is 12.5. The van der Waals surface area contributed by atoms with Crippen molar-refractivity contribution in [3.05, 3.63) is 42.0 Å². The lowest BCUT2D eigenvalue weighted by atomic mass is 10.2. The standard InChI is InChI=1S/C17H22O5.2C2H6/c1-13(2)17(20)22-12-6-4-3-5-11-21-15-9-7-14(8-10-15)16(18)19;2*1-2/h7-10H,1,3-6,11-12H2,2H3,(H,18,19);2*1-2H3. The topological polar surface area (TPSA) is 72.8 Å². The Labute approximate surface area is 158 Å². The van der Waals surface area contributed by atoms with Crippen LogP contribution in [0.25, 0.3) is 0 Å². The zero-order valence-electron chi connectivity index (χ0n) is 16.8. The molecule has 148 valence electrons. The average molecular weight is 366 g/mol. The largest absolute Gasteiger partial charge is 0.494 e. The molecule has 0 radical (unpaired) electrons. The zero-order valence-corrected chi connectivity index (χ0v) is 16.8. The molecule has 0 aliphatic heterocycles. The first-order valence-corrected chi connectivity index (χ1v) is 9.29. The molecule has 0 heterocycles. The second-order valence-electron chi connectivity index (χ2n) is 5.01. The number of rotatable bonds is 10. The summed E-state index contributed by atoms with van der Waals surface area (Å²) in [7, 11) is 0. The van der Waals surface area contributed by atoms with Crippen LogP contribution in [-0.2, 0) is 9.53 Å². The Bertz CT molecular complexity index is 506. The number of hydrogen-bond acceptors (Lipinski definition) is 4. The van der Waals surface area contributed by atoms with E-state index in [0.717, 1.165) is 25.7 Å². The summed E-state index contributed by atoms with van der Waals surface area (Å²) in [6, 6.07) is 6.35. The predicted octanol–water partition coefficient (Wildman–Crippen LogP) is 5.50. The van der Waals surface area contributed by atoms with Crippen LogP contribution < -0.4 is 4.74 Å². The van der Waals surface area contributed by atoms with Crippen LogP contribution in [0.3, 0.4) is 0 Å². The van der Waals surface area contributed by atoms with Crippen molar-refractivity contribution in [2.45, 2.75) is 60.3 Å². The van der Waals surface area contributed by atoms with Crippen LogP contribution >= 0.6 is 0 Å². The van der Waals surface area contributed by atoms with Crippen molar-refractivity contribution in [2.75, 3.05) is 13.2 Å². The van der Waals surface area contributed by atoms with Crippen LogP contribution in [0.15, 0.2) is 36.4 Å². The highest BCUT2D eigenvalue weighted by atomic mass is 16.5. The molecule has 0 amide bonds. The van der Waals surface area contributed by atoms with Crippen molar-refractivity contribution >= 4 is 11.9 Å². The third-order valence-corrected chi connectivity index (χ3v) is 2.99. The Morgan fingerprint density at radius 3 is 1.88 bits per heavy atom. The van der Waals surface area contributed by atoms with Crippen LogP contribution in [0.2, 0.25) is 0 Å². The number of carboxylic acid groups (broad SMARTS) is 1. The highest BCUT2D eigenvalue weighted by Crippen LogP contribution is 2.13. The van der Waals surface area contributed by atoms with Gasteiger partial charge in [-0.25, -0.2) is 9.59 Å². The molecule has 1 aromatic carbocycles. The molecular formula is C21H34O5. The number of benzene rings is 1. The smallest absolute Gasteiger partial charge is 0.335 e. The summed E-state index contributed by atoms with van der Waals surface area (Å²) in [5.74, 6) is -0.618. The van der Waals surface area contributed by atoms with Crippen molar-refractivity contribution in [3.8, 4) is 5.75 Å². The average Bonchev–Trinajstić information content (AvgIpc) is 2.67. The van der Waals surface area contributed by atoms with E-state index in [1.807, 2.05) is 27.7 Å². The maximum Gasteiger partial charge on any atom is 0.335 e. The van der Waals surface area contributed by atoms with Gasteiger partial charge in [0.05, 0.1) is 18.8 Å². The molecular weight excluding hydrogens is 332 g/mol. The van der Waals surface area contributed by atoms with Gasteiger partial charge in [-0.05, 0) is 56.9 Å². The molecule has 0 atom stereocenters. The lowest BCUT2D eigenvalue weighted by molar-refractivity contribution is -0.139. The van der Waals surface area contributed by atoms with Crippen LogP contribution in [0.1, 0.15) is 70.7 Å². The minimum absolute atomic E-state index is 0.247. The summed E-state index contributed by atoms with van der Waals surface area (Å²) in [5.41, 5.74) is 0.666. The van der Waals surface area contributed by atoms with Gasteiger partial charge in [0.2, 0.25) is 0 Å². The molecule has 0 aliphatic carbocycles. The molecule has 5 nitrogen and oxygen atoms in total. The van der Waals surface area contributed by atoms with Gasteiger partial charge in [-0.2, -0.15) is 0 Å². The molecule has 0 aliphatic rings. The van der Waals surface area contributed by atoms with E-state index in [1.54, 1.807) is 19.1 Å². The van der Waals surface area contributed by atoms with Gasteiger partial charge >= 0.3 is 11.9 Å². The molecule has 0 aromatic heterocycles. The van der Waals surface area contributed by atoms with Gasteiger partial charge in [-0.15, -0.1) is 0 Å². The molecule has 0 bridgehead atoms. The van der Waals surface area contributed by atoms with Crippen molar-refractivity contribution in [3.63, 3.8) is 0 Å². The summed E-state index contributed by atoms with van der Waals surface area (Å²) in [5, 5.41) is 8.78. The number of ether oxygens (including phenoxy) is 2. The molecule has 5 heteroatoms. The fourth-order valence-electron chi connectivity index (χ4n) is 1.73. The summed E-state index contributed by atoms with van der Waals surface area (Å²) >= 11 is 0. The van der Waals surface area contributed by atoms with E-state index in [1.165, 1.54) is 12.1 Å². The Balaban J connectivity index is 0.